The molecule has 0 unspecified atom stereocenters. The Morgan fingerprint density at radius 3 is 2.07 bits per heavy atom. The average Bonchev–Trinajstić information content (AvgIpc) is 2.12. The molecule has 0 aliphatic rings. The molecule has 0 fully saturated rings. The van der Waals surface area contributed by atoms with Gasteiger partial charge in [0, 0.05) is 24.2 Å². The van der Waals surface area contributed by atoms with Crippen LogP contribution in [0.15, 0.2) is 0 Å². The van der Waals surface area contributed by atoms with Crippen molar-refractivity contribution in [2.24, 2.45) is 0 Å². The van der Waals surface area contributed by atoms with E-state index in [0.717, 1.165) is 13.0 Å². The normalized spacial score (nSPS) is 12.1. The second-order valence-electron chi connectivity index (χ2n) is 4.10. The van der Waals surface area contributed by atoms with Crippen molar-refractivity contribution in [1.29, 1.82) is 0 Å². The van der Waals surface area contributed by atoms with Crippen LogP contribution in [0, 0.1) is 10.1 Å². The smallest absolute Gasteiger partial charge is 0.221 e. The monoisotopic (exact) mass is 202 g/mol. The van der Waals surface area contributed by atoms with Crippen molar-refractivity contribution in [2.75, 3.05) is 20.6 Å². The van der Waals surface area contributed by atoms with Crippen LogP contribution in [0.2, 0.25) is 0 Å². The standard InChI is InChI=1S/C10H22N2O2/c1-5-10(6-2,12(13)14)8-7-9-11(3)4/h5-9H2,1-4H3. The van der Waals surface area contributed by atoms with E-state index >= 15 is 0 Å². The van der Waals surface area contributed by atoms with Crippen LogP contribution in [0.3, 0.4) is 0 Å². The van der Waals surface area contributed by atoms with Crippen molar-refractivity contribution in [2.45, 2.75) is 45.1 Å². The summed E-state index contributed by atoms with van der Waals surface area (Å²) in [5, 5.41) is 11.0. The van der Waals surface area contributed by atoms with E-state index in [0.29, 0.717) is 19.3 Å². The van der Waals surface area contributed by atoms with Gasteiger partial charge in [0.25, 0.3) is 0 Å². The maximum absolute atomic E-state index is 11.0. The first-order valence-electron chi connectivity index (χ1n) is 5.27. The van der Waals surface area contributed by atoms with Crippen LogP contribution < -0.4 is 0 Å². The Kier molecular flexibility index (Phi) is 5.69. The van der Waals surface area contributed by atoms with Gasteiger partial charge in [0.05, 0.1) is 0 Å². The molecule has 0 spiro atoms. The highest BCUT2D eigenvalue weighted by atomic mass is 16.6. The highest BCUT2D eigenvalue weighted by Gasteiger charge is 2.37. The number of hydrogen-bond acceptors (Lipinski definition) is 3. The summed E-state index contributed by atoms with van der Waals surface area (Å²) in [5.41, 5.74) is -0.685. The van der Waals surface area contributed by atoms with Crippen LogP contribution >= 0.6 is 0 Å². The summed E-state index contributed by atoms with van der Waals surface area (Å²) in [5.74, 6) is 0. The minimum Gasteiger partial charge on any atom is -0.309 e. The van der Waals surface area contributed by atoms with Crippen molar-refractivity contribution in [1.82, 2.24) is 4.90 Å². The van der Waals surface area contributed by atoms with E-state index in [9.17, 15) is 10.1 Å². The Morgan fingerprint density at radius 2 is 1.79 bits per heavy atom. The van der Waals surface area contributed by atoms with Gasteiger partial charge in [-0.2, -0.15) is 0 Å². The second-order valence-corrected chi connectivity index (χ2v) is 4.10. The second kappa shape index (κ2) is 5.96. The van der Waals surface area contributed by atoms with Gasteiger partial charge in [0.2, 0.25) is 5.54 Å². The zero-order chi connectivity index (χ0) is 11.2. The molecule has 0 amide bonds. The molecule has 0 saturated carbocycles. The summed E-state index contributed by atoms with van der Waals surface area (Å²) >= 11 is 0. The van der Waals surface area contributed by atoms with Crippen molar-refractivity contribution >= 4 is 0 Å². The molecule has 0 aromatic heterocycles. The van der Waals surface area contributed by atoms with Gasteiger partial charge < -0.3 is 4.90 Å². The summed E-state index contributed by atoms with van der Waals surface area (Å²) in [6, 6.07) is 0. The third-order valence-corrected chi connectivity index (χ3v) is 2.95. The molecule has 84 valence electrons. The van der Waals surface area contributed by atoms with Crippen molar-refractivity contribution in [3.05, 3.63) is 10.1 Å². The van der Waals surface area contributed by atoms with E-state index in [1.807, 2.05) is 27.9 Å². The van der Waals surface area contributed by atoms with Crippen LogP contribution in [0.25, 0.3) is 0 Å². The molecule has 0 bridgehead atoms. The van der Waals surface area contributed by atoms with E-state index in [1.54, 1.807) is 0 Å². The summed E-state index contributed by atoms with van der Waals surface area (Å²) in [6.45, 7) is 4.74. The van der Waals surface area contributed by atoms with Gasteiger partial charge in [-0.25, -0.2) is 0 Å². The minimum atomic E-state index is -0.685. The summed E-state index contributed by atoms with van der Waals surface area (Å²) in [4.78, 5) is 12.9. The molecule has 0 N–H and O–H groups in total. The van der Waals surface area contributed by atoms with Crippen LogP contribution in [0.5, 0.6) is 0 Å². The van der Waals surface area contributed by atoms with E-state index in [4.69, 9.17) is 0 Å². The largest absolute Gasteiger partial charge is 0.309 e. The summed E-state index contributed by atoms with van der Waals surface area (Å²) < 4.78 is 0. The zero-order valence-electron chi connectivity index (χ0n) is 9.75. The lowest BCUT2D eigenvalue weighted by atomic mass is 9.88. The fourth-order valence-electron chi connectivity index (χ4n) is 1.68. The predicted molar refractivity (Wildman–Crippen MR) is 58.1 cm³/mol. The summed E-state index contributed by atoms with van der Waals surface area (Å²) in [7, 11) is 3.98. The fourth-order valence-corrected chi connectivity index (χ4v) is 1.68. The van der Waals surface area contributed by atoms with E-state index in [2.05, 4.69) is 4.90 Å². The molecule has 14 heavy (non-hydrogen) atoms. The molecule has 0 heterocycles. The molecule has 4 nitrogen and oxygen atoms in total. The molecule has 0 aromatic carbocycles. The van der Waals surface area contributed by atoms with Gasteiger partial charge in [0.1, 0.15) is 0 Å². The molecule has 0 radical (unpaired) electrons. The number of rotatable bonds is 7. The molecule has 0 aliphatic carbocycles. The van der Waals surface area contributed by atoms with Crippen molar-refractivity contribution in [3.8, 4) is 0 Å². The third kappa shape index (κ3) is 3.62. The van der Waals surface area contributed by atoms with Gasteiger partial charge >= 0.3 is 0 Å². The first-order valence-corrected chi connectivity index (χ1v) is 5.27. The number of nitrogens with zero attached hydrogens (tertiary/aromatic N) is 2. The number of nitro groups is 1. The van der Waals surface area contributed by atoms with Gasteiger partial charge in [-0.05, 0) is 27.1 Å². The minimum absolute atomic E-state index is 0.0946. The maximum Gasteiger partial charge on any atom is 0.221 e. The van der Waals surface area contributed by atoms with Crippen LogP contribution in [0.4, 0.5) is 0 Å². The van der Waals surface area contributed by atoms with Crippen LogP contribution in [0.1, 0.15) is 39.5 Å². The van der Waals surface area contributed by atoms with Gasteiger partial charge in [-0.15, -0.1) is 0 Å². The van der Waals surface area contributed by atoms with Crippen LogP contribution in [-0.4, -0.2) is 36.0 Å². The topological polar surface area (TPSA) is 46.4 Å². The van der Waals surface area contributed by atoms with E-state index in [-0.39, 0.29) is 4.92 Å². The predicted octanol–water partition coefficient (Wildman–Crippen LogP) is 2.16. The van der Waals surface area contributed by atoms with E-state index < -0.39 is 5.54 Å². The zero-order valence-corrected chi connectivity index (χ0v) is 9.75. The van der Waals surface area contributed by atoms with Gasteiger partial charge in [0.15, 0.2) is 0 Å². The lowest BCUT2D eigenvalue weighted by Crippen LogP contribution is -2.37. The first kappa shape index (κ1) is 13.4. The third-order valence-electron chi connectivity index (χ3n) is 2.95. The van der Waals surface area contributed by atoms with Gasteiger partial charge in [-0.3, -0.25) is 10.1 Å². The molecular formula is C10H22N2O2. The average molecular weight is 202 g/mol. The number of hydrogen-bond donors (Lipinski definition) is 0. The molecule has 4 heteroatoms. The highest BCUT2D eigenvalue weighted by Crippen LogP contribution is 2.25. The Balaban J connectivity index is 4.16. The molecule has 0 atom stereocenters. The van der Waals surface area contributed by atoms with Crippen molar-refractivity contribution in [3.63, 3.8) is 0 Å². The Bertz CT molecular complexity index is 177. The Hall–Kier alpha value is -0.640. The lowest BCUT2D eigenvalue weighted by Gasteiger charge is -2.23. The highest BCUT2D eigenvalue weighted by molar-refractivity contribution is 4.76. The fraction of sp³-hybridized carbons (Fsp3) is 1.00. The van der Waals surface area contributed by atoms with E-state index in [1.165, 1.54) is 0 Å². The Labute approximate surface area is 86.4 Å². The summed E-state index contributed by atoms with van der Waals surface area (Å²) in [6.07, 6.45) is 2.84. The first-order chi connectivity index (χ1) is 6.48. The Morgan fingerprint density at radius 1 is 1.29 bits per heavy atom. The van der Waals surface area contributed by atoms with Gasteiger partial charge in [-0.1, -0.05) is 13.8 Å². The molecule has 0 rings (SSSR count). The lowest BCUT2D eigenvalue weighted by molar-refractivity contribution is -0.572. The molecule has 0 saturated heterocycles. The SMILES string of the molecule is CCC(CC)(CCCN(C)C)[N+](=O)[O-]. The van der Waals surface area contributed by atoms with Crippen molar-refractivity contribution < 1.29 is 4.92 Å². The molecular weight excluding hydrogens is 180 g/mol. The van der Waals surface area contributed by atoms with Crippen LogP contribution in [-0.2, 0) is 0 Å². The maximum atomic E-state index is 11.0. The quantitative estimate of drug-likeness (QED) is 0.469. The molecule has 0 aromatic rings. The molecule has 0 aliphatic heterocycles.